The van der Waals surface area contributed by atoms with Gasteiger partial charge in [-0.1, -0.05) is 17.7 Å². The second-order valence-electron chi connectivity index (χ2n) is 5.95. The molecule has 142 valence electrons. The van der Waals surface area contributed by atoms with Gasteiger partial charge < -0.3 is 19.9 Å². The van der Waals surface area contributed by atoms with Crippen molar-refractivity contribution in [2.45, 2.75) is 13.0 Å². The first-order chi connectivity index (χ1) is 13.1. The van der Waals surface area contributed by atoms with Gasteiger partial charge in [0.25, 0.3) is 0 Å². The summed E-state index contributed by atoms with van der Waals surface area (Å²) in [7, 11) is 1.66. The fourth-order valence-corrected chi connectivity index (χ4v) is 3.01. The summed E-state index contributed by atoms with van der Waals surface area (Å²) < 4.78 is 21.0. The van der Waals surface area contributed by atoms with E-state index in [2.05, 4.69) is 15.6 Å². The molecule has 0 atom stereocenters. The molecule has 0 radical (unpaired) electrons. The van der Waals surface area contributed by atoms with Crippen LogP contribution in [0.4, 0.5) is 14.9 Å². The Balaban J connectivity index is 1.61. The first-order valence-electron chi connectivity index (χ1n) is 8.50. The smallest absolute Gasteiger partial charge is 0.319 e. The molecule has 2 aromatic heterocycles. The lowest BCUT2D eigenvalue weighted by Gasteiger charge is -2.08. The molecule has 0 aliphatic rings. The summed E-state index contributed by atoms with van der Waals surface area (Å²) in [4.78, 5) is 16.4. The highest BCUT2D eigenvalue weighted by atomic mass is 35.5. The lowest BCUT2D eigenvalue weighted by atomic mass is 10.1. The van der Waals surface area contributed by atoms with Crippen LogP contribution in [0, 0.1) is 5.82 Å². The Morgan fingerprint density at radius 1 is 1.33 bits per heavy atom. The molecule has 2 amide bonds. The Morgan fingerprint density at radius 2 is 2.19 bits per heavy atom. The maximum atomic E-state index is 13.8. The summed E-state index contributed by atoms with van der Waals surface area (Å²) in [6, 6.07) is 7.85. The summed E-state index contributed by atoms with van der Waals surface area (Å²) >= 11 is 5.71. The number of benzene rings is 1. The highest BCUT2D eigenvalue weighted by Gasteiger charge is 2.11. The third-order valence-corrected chi connectivity index (χ3v) is 4.42. The molecule has 3 rings (SSSR count). The van der Waals surface area contributed by atoms with E-state index in [4.69, 9.17) is 16.3 Å². The van der Waals surface area contributed by atoms with Gasteiger partial charge >= 0.3 is 6.03 Å². The van der Waals surface area contributed by atoms with Crippen molar-refractivity contribution in [3.63, 3.8) is 0 Å². The van der Waals surface area contributed by atoms with Crippen LogP contribution in [0.5, 0.6) is 0 Å². The molecule has 0 aliphatic carbocycles. The monoisotopic (exact) mass is 390 g/mol. The third-order valence-electron chi connectivity index (χ3n) is 4.13. The van der Waals surface area contributed by atoms with Gasteiger partial charge in [-0.05, 0) is 36.2 Å². The van der Waals surface area contributed by atoms with Crippen LogP contribution in [0.1, 0.15) is 5.56 Å². The molecule has 0 saturated heterocycles. The van der Waals surface area contributed by atoms with E-state index in [9.17, 15) is 9.18 Å². The van der Waals surface area contributed by atoms with Crippen molar-refractivity contribution < 1.29 is 13.9 Å². The van der Waals surface area contributed by atoms with Crippen molar-refractivity contribution in [1.82, 2.24) is 14.9 Å². The van der Waals surface area contributed by atoms with Crippen LogP contribution in [0.2, 0.25) is 5.02 Å². The number of carbonyl (C=O) groups is 1. The minimum Gasteiger partial charge on any atom is -0.383 e. The van der Waals surface area contributed by atoms with Crippen LogP contribution >= 0.6 is 11.6 Å². The van der Waals surface area contributed by atoms with Gasteiger partial charge in [-0.15, -0.1) is 0 Å². The number of rotatable bonds is 7. The molecule has 0 unspecified atom stereocenters. The second kappa shape index (κ2) is 8.83. The quantitative estimate of drug-likeness (QED) is 0.644. The normalized spacial score (nSPS) is 10.9. The number of amides is 2. The number of hydrogen-bond donors (Lipinski definition) is 2. The van der Waals surface area contributed by atoms with Gasteiger partial charge in [0.1, 0.15) is 5.65 Å². The van der Waals surface area contributed by atoms with E-state index in [1.165, 1.54) is 12.1 Å². The van der Waals surface area contributed by atoms with Gasteiger partial charge in [0.15, 0.2) is 5.82 Å². The molecule has 0 bridgehead atoms. The van der Waals surface area contributed by atoms with Crippen LogP contribution in [-0.4, -0.2) is 35.8 Å². The number of nitrogens with zero attached hydrogens (tertiary/aromatic N) is 2. The molecule has 2 heterocycles. The predicted octanol–water partition coefficient (Wildman–Crippen LogP) is 3.84. The van der Waals surface area contributed by atoms with Crippen LogP contribution in [0.25, 0.3) is 11.0 Å². The number of ether oxygens (including phenoxy) is 1. The van der Waals surface area contributed by atoms with Crippen LogP contribution in [0.3, 0.4) is 0 Å². The van der Waals surface area contributed by atoms with E-state index < -0.39 is 11.8 Å². The fraction of sp³-hybridized carbons (Fsp3) is 0.263. The molecular formula is C19H20ClFN4O2. The van der Waals surface area contributed by atoms with Crippen molar-refractivity contribution in [1.29, 1.82) is 0 Å². The molecule has 1 aromatic carbocycles. The molecule has 6 nitrogen and oxygen atoms in total. The zero-order valence-electron chi connectivity index (χ0n) is 14.8. The maximum absolute atomic E-state index is 13.8. The number of aromatic nitrogens is 2. The summed E-state index contributed by atoms with van der Waals surface area (Å²) in [5.41, 5.74) is 2.00. The molecule has 0 aliphatic heterocycles. The fourth-order valence-electron chi connectivity index (χ4n) is 2.83. The molecule has 8 heteroatoms. The predicted molar refractivity (Wildman–Crippen MR) is 104 cm³/mol. The van der Waals surface area contributed by atoms with E-state index >= 15 is 0 Å². The number of urea groups is 1. The summed E-state index contributed by atoms with van der Waals surface area (Å²) in [5.74, 6) is -0.651. The molecule has 27 heavy (non-hydrogen) atoms. The number of anilines is 1. The standard InChI is InChI=1S/C19H20ClFN4O2/c1-27-11-10-25-12-13(14-4-3-8-22-18(14)25)7-9-23-19(26)24-16-6-2-5-15(20)17(16)21/h2-6,8,12H,7,9-11H2,1H3,(H2,23,24,26). The molecular weight excluding hydrogens is 371 g/mol. The zero-order valence-corrected chi connectivity index (χ0v) is 15.6. The van der Waals surface area contributed by atoms with Gasteiger partial charge in [0, 0.05) is 38.0 Å². The van der Waals surface area contributed by atoms with E-state index in [0.29, 0.717) is 26.1 Å². The first kappa shape index (κ1) is 19.1. The average Bonchev–Trinajstić information content (AvgIpc) is 3.02. The number of hydrogen-bond acceptors (Lipinski definition) is 3. The number of pyridine rings is 1. The third kappa shape index (κ3) is 4.56. The van der Waals surface area contributed by atoms with Crippen molar-refractivity contribution >= 4 is 34.4 Å². The molecule has 0 fully saturated rings. The molecule has 2 N–H and O–H groups in total. The average molecular weight is 391 g/mol. The molecule has 0 saturated carbocycles. The SMILES string of the molecule is COCCn1cc(CCNC(=O)Nc2cccc(Cl)c2F)c2cccnc21. The first-order valence-corrected chi connectivity index (χ1v) is 8.88. The van der Waals surface area contributed by atoms with E-state index in [0.717, 1.165) is 16.6 Å². The topological polar surface area (TPSA) is 68.2 Å². The minimum atomic E-state index is -0.651. The molecule has 0 spiro atoms. The number of nitrogens with one attached hydrogen (secondary N) is 2. The summed E-state index contributed by atoms with van der Waals surface area (Å²) in [6.45, 7) is 1.68. The number of carbonyl (C=O) groups excluding carboxylic acids is 1. The Bertz CT molecular complexity index is 945. The van der Waals surface area contributed by atoms with Crippen LogP contribution in [-0.2, 0) is 17.7 Å². The minimum absolute atomic E-state index is 0.0378. The Morgan fingerprint density at radius 3 is 3.00 bits per heavy atom. The van der Waals surface area contributed by atoms with Gasteiger partial charge in [0.05, 0.1) is 17.3 Å². The van der Waals surface area contributed by atoms with E-state index in [1.807, 2.05) is 22.9 Å². The van der Waals surface area contributed by atoms with E-state index in [1.54, 1.807) is 19.4 Å². The Labute approximate surface area is 161 Å². The largest absolute Gasteiger partial charge is 0.383 e. The summed E-state index contributed by atoms with van der Waals surface area (Å²) in [6.07, 6.45) is 4.39. The zero-order chi connectivity index (χ0) is 19.2. The number of fused-ring (bicyclic) bond motifs is 1. The Kier molecular flexibility index (Phi) is 6.26. The lowest BCUT2D eigenvalue weighted by molar-refractivity contribution is 0.188. The van der Waals surface area contributed by atoms with Gasteiger partial charge in [-0.2, -0.15) is 0 Å². The highest BCUT2D eigenvalue weighted by Crippen LogP contribution is 2.22. The van der Waals surface area contributed by atoms with Crippen LogP contribution in [0.15, 0.2) is 42.7 Å². The van der Waals surface area contributed by atoms with E-state index in [-0.39, 0.29) is 10.7 Å². The number of methoxy groups -OCH3 is 1. The van der Waals surface area contributed by atoms with Crippen molar-refractivity contribution in [2.75, 3.05) is 25.6 Å². The van der Waals surface area contributed by atoms with Crippen molar-refractivity contribution in [2.24, 2.45) is 0 Å². The van der Waals surface area contributed by atoms with Gasteiger partial charge in [0.2, 0.25) is 0 Å². The van der Waals surface area contributed by atoms with Gasteiger partial charge in [-0.25, -0.2) is 14.2 Å². The van der Waals surface area contributed by atoms with Gasteiger partial charge in [-0.3, -0.25) is 0 Å². The van der Waals surface area contributed by atoms with Crippen molar-refractivity contribution in [3.05, 3.63) is 59.1 Å². The summed E-state index contributed by atoms with van der Waals surface area (Å²) in [5, 5.41) is 6.19. The number of halogens is 2. The Hall–Kier alpha value is -2.64. The van der Waals surface area contributed by atoms with Crippen LogP contribution < -0.4 is 10.6 Å². The maximum Gasteiger partial charge on any atom is 0.319 e. The lowest BCUT2D eigenvalue weighted by Crippen LogP contribution is -2.30. The highest BCUT2D eigenvalue weighted by molar-refractivity contribution is 6.31. The second-order valence-corrected chi connectivity index (χ2v) is 6.35. The van der Waals surface area contributed by atoms with Crippen molar-refractivity contribution in [3.8, 4) is 0 Å². The molecule has 3 aromatic rings.